The van der Waals surface area contributed by atoms with Gasteiger partial charge in [0.2, 0.25) is 0 Å². The van der Waals surface area contributed by atoms with Crippen molar-refractivity contribution in [2.45, 2.75) is 46.2 Å². The van der Waals surface area contributed by atoms with E-state index in [1.165, 1.54) is 30.6 Å². The number of rotatable bonds is 10. The Morgan fingerprint density at radius 1 is 1.05 bits per heavy atom. The van der Waals surface area contributed by atoms with Crippen LogP contribution in [0.15, 0.2) is 24.3 Å². The normalized spacial score (nSPS) is 12.7. The lowest BCUT2D eigenvalue weighted by atomic mass is 10.1. The highest BCUT2D eigenvalue weighted by Crippen LogP contribution is 2.12. The molecule has 0 amide bonds. The van der Waals surface area contributed by atoms with Crippen molar-refractivity contribution < 1.29 is 0 Å². The summed E-state index contributed by atoms with van der Waals surface area (Å²) in [5, 5.41) is 3.63. The van der Waals surface area contributed by atoms with E-state index in [4.69, 9.17) is 0 Å². The molecule has 1 atom stereocenters. The fourth-order valence-electron chi connectivity index (χ4n) is 2.47. The van der Waals surface area contributed by atoms with Crippen LogP contribution in [-0.2, 0) is 6.54 Å². The molecule has 0 aliphatic heterocycles. The SMILES string of the molecule is CCN(CC)CCCC(C)NCc1ccc(N(C)C)cc1. The van der Waals surface area contributed by atoms with E-state index in [1.54, 1.807) is 0 Å². The molecule has 0 fully saturated rings. The molecule has 0 bridgehead atoms. The van der Waals surface area contributed by atoms with E-state index in [-0.39, 0.29) is 0 Å². The Morgan fingerprint density at radius 3 is 2.19 bits per heavy atom. The van der Waals surface area contributed by atoms with Gasteiger partial charge in [-0.25, -0.2) is 0 Å². The van der Waals surface area contributed by atoms with Crippen LogP contribution in [0.1, 0.15) is 39.2 Å². The molecule has 3 nitrogen and oxygen atoms in total. The largest absolute Gasteiger partial charge is 0.378 e. The van der Waals surface area contributed by atoms with Crippen molar-refractivity contribution in [2.24, 2.45) is 0 Å². The molecule has 0 radical (unpaired) electrons. The molecule has 120 valence electrons. The molecule has 0 saturated carbocycles. The van der Waals surface area contributed by atoms with E-state index in [0.717, 1.165) is 19.6 Å². The van der Waals surface area contributed by atoms with Gasteiger partial charge in [0.25, 0.3) is 0 Å². The van der Waals surface area contributed by atoms with Gasteiger partial charge in [-0.15, -0.1) is 0 Å². The van der Waals surface area contributed by atoms with E-state index in [9.17, 15) is 0 Å². The quantitative estimate of drug-likeness (QED) is 0.713. The molecule has 1 N–H and O–H groups in total. The van der Waals surface area contributed by atoms with Gasteiger partial charge in [-0.1, -0.05) is 26.0 Å². The van der Waals surface area contributed by atoms with Gasteiger partial charge < -0.3 is 15.1 Å². The van der Waals surface area contributed by atoms with E-state index in [0.29, 0.717) is 6.04 Å². The lowest BCUT2D eigenvalue weighted by Gasteiger charge is -2.20. The van der Waals surface area contributed by atoms with Crippen molar-refractivity contribution in [2.75, 3.05) is 38.6 Å². The number of benzene rings is 1. The predicted octanol–water partition coefficient (Wildman–Crippen LogP) is 3.35. The lowest BCUT2D eigenvalue weighted by molar-refractivity contribution is 0.290. The average Bonchev–Trinajstić information content (AvgIpc) is 2.50. The van der Waals surface area contributed by atoms with Gasteiger partial charge in [0.05, 0.1) is 0 Å². The zero-order valence-electron chi connectivity index (χ0n) is 14.5. The first-order valence-electron chi connectivity index (χ1n) is 8.28. The van der Waals surface area contributed by atoms with Crippen molar-refractivity contribution in [1.82, 2.24) is 10.2 Å². The number of hydrogen-bond acceptors (Lipinski definition) is 3. The Morgan fingerprint density at radius 2 is 1.67 bits per heavy atom. The van der Waals surface area contributed by atoms with E-state index in [1.807, 2.05) is 0 Å². The summed E-state index contributed by atoms with van der Waals surface area (Å²) in [7, 11) is 4.15. The molecule has 0 aromatic heterocycles. The molecule has 0 aliphatic carbocycles. The van der Waals surface area contributed by atoms with Gasteiger partial charge in [0.1, 0.15) is 0 Å². The molecule has 1 aromatic rings. The number of nitrogens with one attached hydrogen (secondary N) is 1. The Hall–Kier alpha value is -1.06. The highest BCUT2D eigenvalue weighted by atomic mass is 15.1. The van der Waals surface area contributed by atoms with Crippen LogP contribution in [0.25, 0.3) is 0 Å². The van der Waals surface area contributed by atoms with Crippen LogP contribution in [0.5, 0.6) is 0 Å². The summed E-state index contributed by atoms with van der Waals surface area (Å²) in [5.41, 5.74) is 2.61. The van der Waals surface area contributed by atoms with Gasteiger partial charge in [0, 0.05) is 32.4 Å². The second-order valence-electron chi connectivity index (χ2n) is 6.01. The van der Waals surface area contributed by atoms with Gasteiger partial charge in [-0.05, 0) is 57.1 Å². The molecule has 1 unspecified atom stereocenters. The third-order valence-electron chi connectivity index (χ3n) is 4.11. The molecular weight excluding hydrogens is 258 g/mol. The first-order chi connectivity index (χ1) is 10.1. The van der Waals surface area contributed by atoms with Gasteiger partial charge in [-0.2, -0.15) is 0 Å². The summed E-state index contributed by atoms with van der Waals surface area (Å²) in [4.78, 5) is 4.62. The lowest BCUT2D eigenvalue weighted by Crippen LogP contribution is -2.28. The van der Waals surface area contributed by atoms with Crippen LogP contribution >= 0.6 is 0 Å². The van der Waals surface area contributed by atoms with Crippen LogP contribution in [-0.4, -0.2) is 44.7 Å². The van der Waals surface area contributed by atoms with Gasteiger partial charge in [0.15, 0.2) is 0 Å². The Balaban J connectivity index is 2.24. The molecule has 0 aliphatic rings. The van der Waals surface area contributed by atoms with E-state index in [2.05, 4.69) is 74.2 Å². The molecule has 0 saturated heterocycles. The number of anilines is 1. The van der Waals surface area contributed by atoms with Crippen molar-refractivity contribution in [3.63, 3.8) is 0 Å². The molecule has 3 heteroatoms. The molecule has 0 heterocycles. The maximum atomic E-state index is 3.63. The van der Waals surface area contributed by atoms with Crippen molar-refractivity contribution in [3.05, 3.63) is 29.8 Å². The van der Waals surface area contributed by atoms with Crippen molar-refractivity contribution in [1.29, 1.82) is 0 Å². The van der Waals surface area contributed by atoms with E-state index < -0.39 is 0 Å². The van der Waals surface area contributed by atoms with Crippen molar-refractivity contribution >= 4 is 5.69 Å². The fourth-order valence-corrected chi connectivity index (χ4v) is 2.47. The van der Waals surface area contributed by atoms with E-state index >= 15 is 0 Å². The Labute approximate surface area is 131 Å². The zero-order valence-corrected chi connectivity index (χ0v) is 14.5. The predicted molar refractivity (Wildman–Crippen MR) is 94.1 cm³/mol. The first kappa shape index (κ1) is 18.0. The summed E-state index contributed by atoms with van der Waals surface area (Å²) in [5.74, 6) is 0. The first-order valence-corrected chi connectivity index (χ1v) is 8.28. The summed E-state index contributed by atoms with van der Waals surface area (Å²) >= 11 is 0. The molecule has 1 rings (SSSR count). The smallest absolute Gasteiger partial charge is 0.0361 e. The van der Waals surface area contributed by atoms with Crippen molar-refractivity contribution in [3.8, 4) is 0 Å². The second kappa shape index (κ2) is 9.80. The van der Waals surface area contributed by atoms with Crippen LogP contribution in [0.2, 0.25) is 0 Å². The third-order valence-corrected chi connectivity index (χ3v) is 4.11. The third kappa shape index (κ3) is 6.96. The van der Waals surface area contributed by atoms with Crippen LogP contribution in [0, 0.1) is 0 Å². The van der Waals surface area contributed by atoms with Crippen LogP contribution < -0.4 is 10.2 Å². The highest BCUT2D eigenvalue weighted by Gasteiger charge is 2.04. The number of hydrogen-bond donors (Lipinski definition) is 1. The summed E-state index contributed by atoms with van der Waals surface area (Å²) < 4.78 is 0. The standard InChI is InChI=1S/C18H33N3/c1-6-21(7-2)14-8-9-16(3)19-15-17-10-12-18(13-11-17)20(4)5/h10-13,16,19H,6-9,14-15H2,1-5H3. The molecule has 0 spiro atoms. The highest BCUT2D eigenvalue weighted by molar-refractivity contribution is 5.45. The number of nitrogens with zero attached hydrogens (tertiary/aromatic N) is 2. The summed E-state index contributed by atoms with van der Waals surface area (Å²) in [6, 6.07) is 9.37. The minimum atomic E-state index is 0.578. The molecular formula is C18H33N3. The average molecular weight is 291 g/mol. The minimum absolute atomic E-state index is 0.578. The summed E-state index contributed by atoms with van der Waals surface area (Å²) in [6.07, 6.45) is 2.52. The van der Waals surface area contributed by atoms with Gasteiger partial charge in [-0.3, -0.25) is 0 Å². The molecule has 21 heavy (non-hydrogen) atoms. The maximum Gasteiger partial charge on any atom is 0.0361 e. The monoisotopic (exact) mass is 291 g/mol. The maximum absolute atomic E-state index is 3.63. The summed E-state index contributed by atoms with van der Waals surface area (Å²) in [6.45, 7) is 11.3. The van der Waals surface area contributed by atoms with Gasteiger partial charge >= 0.3 is 0 Å². The Kier molecular flexibility index (Phi) is 8.40. The second-order valence-corrected chi connectivity index (χ2v) is 6.01. The Bertz CT molecular complexity index is 369. The zero-order chi connectivity index (χ0) is 15.7. The fraction of sp³-hybridized carbons (Fsp3) is 0.667. The van der Waals surface area contributed by atoms with Crippen LogP contribution in [0.4, 0.5) is 5.69 Å². The van der Waals surface area contributed by atoms with Crippen LogP contribution in [0.3, 0.4) is 0 Å². The topological polar surface area (TPSA) is 18.5 Å². The minimum Gasteiger partial charge on any atom is -0.378 e. The molecule has 1 aromatic carbocycles.